The molecule has 0 unspecified atom stereocenters. The van der Waals surface area contributed by atoms with Crippen molar-refractivity contribution in [1.29, 1.82) is 0 Å². The van der Waals surface area contributed by atoms with E-state index in [-0.39, 0.29) is 5.91 Å². The van der Waals surface area contributed by atoms with Crippen molar-refractivity contribution in [2.24, 2.45) is 5.73 Å². The first-order valence-electron chi connectivity index (χ1n) is 6.81. The molecule has 6 heteroatoms. The Hall–Kier alpha value is -1.92. The van der Waals surface area contributed by atoms with Crippen LogP contribution in [0.3, 0.4) is 0 Å². The first kappa shape index (κ1) is 15.5. The molecule has 0 fully saturated rings. The molecule has 0 atom stereocenters. The van der Waals surface area contributed by atoms with Crippen molar-refractivity contribution in [2.45, 2.75) is 13.3 Å². The number of thiazole rings is 1. The van der Waals surface area contributed by atoms with Gasteiger partial charge in [0.2, 0.25) is 0 Å². The number of carbonyl (C=O) groups is 1. The second kappa shape index (κ2) is 7.75. The lowest BCUT2D eigenvalue weighted by molar-refractivity contribution is 0.0942. The highest BCUT2D eigenvalue weighted by Gasteiger charge is 2.09. The maximum Gasteiger partial charge on any atom is 0.270 e. The third-order valence-electron chi connectivity index (χ3n) is 2.82. The summed E-state index contributed by atoms with van der Waals surface area (Å²) in [5.74, 6) is 0.621. The number of hydrogen-bond acceptors (Lipinski definition) is 5. The van der Waals surface area contributed by atoms with Gasteiger partial charge in [-0.2, -0.15) is 0 Å². The lowest BCUT2D eigenvalue weighted by atomic mass is 10.2. The maximum absolute atomic E-state index is 11.9. The topological polar surface area (TPSA) is 77.2 Å². The largest absolute Gasteiger partial charge is 0.492 e. The van der Waals surface area contributed by atoms with Gasteiger partial charge in [-0.15, -0.1) is 11.3 Å². The fourth-order valence-corrected chi connectivity index (χ4v) is 2.51. The van der Waals surface area contributed by atoms with Gasteiger partial charge in [0.25, 0.3) is 5.91 Å². The van der Waals surface area contributed by atoms with Gasteiger partial charge in [-0.3, -0.25) is 4.79 Å². The highest BCUT2D eigenvalue weighted by molar-refractivity contribution is 7.09. The summed E-state index contributed by atoms with van der Waals surface area (Å²) in [5.41, 5.74) is 7.09. The predicted molar refractivity (Wildman–Crippen MR) is 83.9 cm³/mol. The summed E-state index contributed by atoms with van der Waals surface area (Å²) in [4.78, 5) is 16.1. The highest BCUT2D eigenvalue weighted by atomic mass is 32.1. The Morgan fingerprint density at radius 3 is 2.86 bits per heavy atom. The van der Waals surface area contributed by atoms with Crippen LogP contribution in [0.5, 0.6) is 5.75 Å². The number of amides is 1. The minimum atomic E-state index is -0.179. The Balaban J connectivity index is 1.72. The number of carbonyl (C=O) groups excluding carboxylic acids is 1. The van der Waals surface area contributed by atoms with Gasteiger partial charge in [-0.1, -0.05) is 17.7 Å². The lowest BCUT2D eigenvalue weighted by Crippen LogP contribution is -2.28. The molecule has 1 aromatic carbocycles. The van der Waals surface area contributed by atoms with Crippen molar-refractivity contribution >= 4 is 17.2 Å². The van der Waals surface area contributed by atoms with E-state index in [1.54, 1.807) is 5.38 Å². The number of nitrogens with zero attached hydrogens (tertiary/aromatic N) is 1. The van der Waals surface area contributed by atoms with E-state index in [0.717, 1.165) is 10.8 Å². The number of nitrogens with one attached hydrogen (secondary N) is 1. The standard InChI is InChI=1S/C15H19N3O2S/c1-11-2-4-12(5-3-11)20-9-8-17-15(19)13-10-21-14(18-13)6-7-16/h2-5,10H,6-9,16H2,1H3,(H,17,19). The third-order valence-corrected chi connectivity index (χ3v) is 3.73. The van der Waals surface area contributed by atoms with Crippen molar-refractivity contribution in [3.05, 3.63) is 45.9 Å². The summed E-state index contributed by atoms with van der Waals surface area (Å²) in [6.07, 6.45) is 0.703. The second-order valence-corrected chi connectivity index (χ2v) is 5.53. The highest BCUT2D eigenvalue weighted by Crippen LogP contribution is 2.11. The monoisotopic (exact) mass is 305 g/mol. The zero-order valence-corrected chi connectivity index (χ0v) is 12.8. The average Bonchev–Trinajstić information content (AvgIpc) is 2.94. The molecule has 21 heavy (non-hydrogen) atoms. The van der Waals surface area contributed by atoms with Crippen LogP contribution >= 0.6 is 11.3 Å². The summed E-state index contributed by atoms with van der Waals surface area (Å²) in [5, 5.41) is 5.42. The maximum atomic E-state index is 11.9. The second-order valence-electron chi connectivity index (χ2n) is 4.58. The minimum Gasteiger partial charge on any atom is -0.492 e. The van der Waals surface area contributed by atoms with Crippen molar-refractivity contribution in [3.63, 3.8) is 0 Å². The number of aryl methyl sites for hydroxylation is 1. The van der Waals surface area contributed by atoms with Crippen molar-refractivity contribution in [1.82, 2.24) is 10.3 Å². The van der Waals surface area contributed by atoms with Crippen LogP contribution in [0.15, 0.2) is 29.6 Å². The molecule has 0 spiro atoms. The van der Waals surface area contributed by atoms with Gasteiger partial charge in [-0.05, 0) is 25.6 Å². The zero-order valence-electron chi connectivity index (χ0n) is 12.0. The molecule has 3 N–H and O–H groups in total. The molecule has 0 saturated carbocycles. The molecule has 0 aliphatic carbocycles. The number of benzene rings is 1. The van der Waals surface area contributed by atoms with Gasteiger partial charge in [0.05, 0.1) is 11.6 Å². The van der Waals surface area contributed by atoms with Crippen LogP contribution < -0.4 is 15.8 Å². The molecule has 0 aliphatic rings. The van der Waals surface area contributed by atoms with Crippen molar-refractivity contribution in [2.75, 3.05) is 19.7 Å². The number of aromatic nitrogens is 1. The smallest absolute Gasteiger partial charge is 0.270 e. The number of nitrogens with two attached hydrogens (primary N) is 1. The Labute approximate surface area is 128 Å². The summed E-state index contributed by atoms with van der Waals surface area (Å²) >= 11 is 1.46. The zero-order chi connectivity index (χ0) is 15.1. The lowest BCUT2D eigenvalue weighted by Gasteiger charge is -2.07. The summed E-state index contributed by atoms with van der Waals surface area (Å²) in [6.45, 7) is 3.43. The van der Waals surface area contributed by atoms with Gasteiger partial charge in [0.15, 0.2) is 0 Å². The molecule has 2 aromatic rings. The molecule has 1 aromatic heterocycles. The summed E-state index contributed by atoms with van der Waals surface area (Å²) in [7, 11) is 0. The Morgan fingerprint density at radius 1 is 1.38 bits per heavy atom. The molecule has 1 heterocycles. The molecule has 2 rings (SSSR count). The number of hydrogen-bond donors (Lipinski definition) is 2. The molecule has 1 amide bonds. The quantitative estimate of drug-likeness (QED) is 0.764. The first-order valence-corrected chi connectivity index (χ1v) is 7.69. The van der Waals surface area contributed by atoms with E-state index in [0.29, 0.717) is 31.8 Å². The fraction of sp³-hybridized carbons (Fsp3) is 0.333. The van der Waals surface area contributed by atoms with Crippen molar-refractivity contribution < 1.29 is 9.53 Å². The summed E-state index contributed by atoms with van der Waals surface area (Å²) in [6, 6.07) is 7.80. The molecule has 112 valence electrons. The van der Waals surface area contributed by atoms with Gasteiger partial charge < -0.3 is 15.8 Å². The van der Waals surface area contributed by atoms with Gasteiger partial charge in [0, 0.05) is 11.8 Å². The molecule has 0 radical (unpaired) electrons. The molecule has 0 bridgehead atoms. The van der Waals surface area contributed by atoms with Crippen LogP contribution in [0.1, 0.15) is 21.1 Å². The van der Waals surface area contributed by atoms with Crippen LogP contribution in [0.2, 0.25) is 0 Å². The fourth-order valence-electron chi connectivity index (χ4n) is 1.71. The van der Waals surface area contributed by atoms with E-state index in [2.05, 4.69) is 10.3 Å². The van der Waals surface area contributed by atoms with E-state index < -0.39 is 0 Å². The van der Waals surface area contributed by atoms with E-state index in [1.165, 1.54) is 16.9 Å². The minimum absolute atomic E-state index is 0.179. The third kappa shape index (κ3) is 4.84. The van der Waals surface area contributed by atoms with Gasteiger partial charge in [0.1, 0.15) is 18.1 Å². The Bertz CT molecular complexity index is 581. The number of ether oxygens (including phenoxy) is 1. The van der Waals surface area contributed by atoms with E-state index in [9.17, 15) is 4.79 Å². The van der Waals surface area contributed by atoms with E-state index in [4.69, 9.17) is 10.5 Å². The Morgan fingerprint density at radius 2 is 2.14 bits per heavy atom. The number of rotatable bonds is 7. The normalized spacial score (nSPS) is 10.4. The Kier molecular flexibility index (Phi) is 5.71. The first-order chi connectivity index (χ1) is 10.2. The molecule has 5 nitrogen and oxygen atoms in total. The van der Waals surface area contributed by atoms with Crippen molar-refractivity contribution in [3.8, 4) is 5.75 Å². The van der Waals surface area contributed by atoms with Crippen LogP contribution in [0, 0.1) is 6.92 Å². The van der Waals surface area contributed by atoms with Crippen LogP contribution in [-0.4, -0.2) is 30.6 Å². The van der Waals surface area contributed by atoms with E-state index in [1.807, 2.05) is 31.2 Å². The van der Waals surface area contributed by atoms with Crippen LogP contribution in [0.4, 0.5) is 0 Å². The SMILES string of the molecule is Cc1ccc(OCCNC(=O)c2csc(CCN)n2)cc1. The molecular weight excluding hydrogens is 286 g/mol. The molecule has 0 saturated heterocycles. The van der Waals surface area contributed by atoms with E-state index >= 15 is 0 Å². The summed E-state index contributed by atoms with van der Waals surface area (Å²) < 4.78 is 5.54. The van der Waals surface area contributed by atoms with Crippen LogP contribution in [0.25, 0.3) is 0 Å². The van der Waals surface area contributed by atoms with Gasteiger partial charge >= 0.3 is 0 Å². The van der Waals surface area contributed by atoms with Crippen LogP contribution in [-0.2, 0) is 6.42 Å². The molecule has 0 aliphatic heterocycles. The molecular formula is C15H19N3O2S. The predicted octanol–water partition coefficient (Wildman–Crippen LogP) is 1.76. The average molecular weight is 305 g/mol. The van der Waals surface area contributed by atoms with Gasteiger partial charge in [-0.25, -0.2) is 4.98 Å².